The topological polar surface area (TPSA) is 45.8 Å². The van der Waals surface area contributed by atoms with Crippen LogP contribution in [0.4, 0.5) is 13.2 Å². The highest BCUT2D eigenvalue weighted by Crippen LogP contribution is 2.29. The van der Waals surface area contributed by atoms with E-state index in [-0.39, 0.29) is 12.0 Å². The Labute approximate surface area is 117 Å². The molecule has 106 valence electrons. The quantitative estimate of drug-likeness (QED) is 0.700. The Morgan fingerprint density at radius 2 is 2.10 bits per heavy atom. The summed E-state index contributed by atoms with van der Waals surface area (Å²) in [5, 5.41) is 0.475. The largest absolute Gasteiger partial charge is 0.416 e. The summed E-state index contributed by atoms with van der Waals surface area (Å²) >= 11 is 1.29. The molecule has 3 nitrogen and oxygen atoms in total. The predicted octanol–water partition coefficient (Wildman–Crippen LogP) is 3.10. The van der Waals surface area contributed by atoms with Crippen molar-refractivity contribution in [1.82, 2.24) is 9.97 Å². The summed E-state index contributed by atoms with van der Waals surface area (Å²) in [4.78, 5) is 18.3. The maximum Gasteiger partial charge on any atom is 0.416 e. The molecular formula is C13H11F3N2OS. The molecule has 1 N–H and O–H groups in total. The van der Waals surface area contributed by atoms with E-state index in [9.17, 15) is 18.0 Å². The molecule has 2 aromatic rings. The number of halogens is 3. The zero-order valence-electron chi connectivity index (χ0n) is 10.5. The highest BCUT2D eigenvalue weighted by atomic mass is 32.2. The fraction of sp³-hybridized carbons (Fsp3) is 0.231. The highest BCUT2D eigenvalue weighted by molar-refractivity contribution is 7.98. The molecule has 0 bridgehead atoms. The lowest BCUT2D eigenvalue weighted by Gasteiger charge is -2.08. The Hall–Kier alpha value is -1.76. The molecule has 0 atom stereocenters. The number of hydrogen-bond donors (Lipinski definition) is 1. The summed E-state index contributed by atoms with van der Waals surface area (Å²) in [5.41, 5.74) is -0.298. The van der Waals surface area contributed by atoms with E-state index in [1.165, 1.54) is 24.0 Å². The third-order valence-electron chi connectivity index (χ3n) is 2.69. The molecule has 0 fully saturated rings. The van der Waals surface area contributed by atoms with Gasteiger partial charge in [-0.25, -0.2) is 4.98 Å². The number of nitrogens with zero attached hydrogens (tertiary/aromatic N) is 1. The van der Waals surface area contributed by atoms with Gasteiger partial charge in [-0.3, -0.25) is 4.79 Å². The van der Waals surface area contributed by atoms with E-state index in [0.717, 1.165) is 12.1 Å². The van der Waals surface area contributed by atoms with Crippen molar-refractivity contribution < 1.29 is 13.2 Å². The van der Waals surface area contributed by atoms with E-state index in [1.807, 2.05) is 0 Å². The minimum Gasteiger partial charge on any atom is -0.301 e. The molecule has 0 saturated heterocycles. The minimum absolute atomic E-state index is 0.112. The Kier molecular flexibility index (Phi) is 4.17. The number of nitrogens with one attached hydrogen (secondary N) is 1. The van der Waals surface area contributed by atoms with Crippen molar-refractivity contribution in [2.24, 2.45) is 0 Å². The van der Waals surface area contributed by atoms with Crippen LogP contribution in [0.25, 0.3) is 0 Å². The first-order valence-corrected chi connectivity index (χ1v) is 6.91. The lowest BCUT2D eigenvalue weighted by molar-refractivity contribution is -0.137. The summed E-state index contributed by atoms with van der Waals surface area (Å²) in [6.07, 6.45) is -1.11. The summed E-state index contributed by atoms with van der Waals surface area (Å²) in [6.45, 7) is 0. The third-order valence-corrected chi connectivity index (χ3v) is 3.29. The van der Waals surface area contributed by atoms with E-state index >= 15 is 0 Å². The zero-order valence-corrected chi connectivity index (χ0v) is 11.3. The lowest BCUT2D eigenvalue weighted by atomic mass is 10.0. The van der Waals surface area contributed by atoms with Crippen molar-refractivity contribution in [3.05, 3.63) is 57.5 Å². The molecule has 1 aromatic carbocycles. The second-order valence-electron chi connectivity index (χ2n) is 4.12. The summed E-state index contributed by atoms with van der Waals surface area (Å²) < 4.78 is 37.8. The number of hydrogen-bond acceptors (Lipinski definition) is 3. The van der Waals surface area contributed by atoms with Crippen LogP contribution in [0.5, 0.6) is 0 Å². The zero-order chi connectivity index (χ0) is 14.8. The fourth-order valence-electron chi connectivity index (χ4n) is 1.71. The van der Waals surface area contributed by atoms with E-state index in [0.29, 0.717) is 16.3 Å². The van der Waals surface area contributed by atoms with E-state index in [4.69, 9.17) is 0 Å². The first kappa shape index (κ1) is 14.6. The van der Waals surface area contributed by atoms with Crippen LogP contribution < -0.4 is 5.56 Å². The van der Waals surface area contributed by atoms with Crippen LogP contribution in [0.3, 0.4) is 0 Å². The van der Waals surface area contributed by atoms with Crippen molar-refractivity contribution in [3.8, 4) is 0 Å². The average molecular weight is 300 g/mol. The molecule has 7 heteroatoms. The number of alkyl halides is 3. The normalized spacial score (nSPS) is 11.6. The lowest BCUT2D eigenvalue weighted by Crippen LogP contribution is -2.15. The number of aromatic amines is 1. The van der Waals surface area contributed by atoms with Crippen molar-refractivity contribution >= 4 is 11.8 Å². The van der Waals surface area contributed by atoms with Crippen LogP contribution in [-0.2, 0) is 12.6 Å². The minimum atomic E-state index is -4.39. The molecule has 2 rings (SSSR count). The fourth-order valence-corrected chi connectivity index (χ4v) is 2.06. The number of thioether (sulfide) groups is 1. The van der Waals surface area contributed by atoms with Gasteiger partial charge < -0.3 is 4.98 Å². The molecule has 0 aliphatic heterocycles. The molecule has 0 saturated carbocycles. The van der Waals surface area contributed by atoms with E-state index in [1.54, 1.807) is 12.3 Å². The van der Waals surface area contributed by atoms with Gasteiger partial charge in [0.2, 0.25) is 0 Å². The van der Waals surface area contributed by atoms with Gasteiger partial charge in [-0.05, 0) is 17.9 Å². The summed E-state index contributed by atoms with van der Waals surface area (Å²) in [5.74, 6) is 0. The van der Waals surface area contributed by atoms with Gasteiger partial charge in [0, 0.05) is 18.2 Å². The van der Waals surface area contributed by atoms with Crippen LogP contribution in [0.15, 0.2) is 40.4 Å². The molecule has 20 heavy (non-hydrogen) atoms. The van der Waals surface area contributed by atoms with Gasteiger partial charge in [-0.15, -0.1) is 0 Å². The van der Waals surface area contributed by atoms with Gasteiger partial charge in [-0.2, -0.15) is 13.2 Å². The molecule has 1 heterocycles. The second-order valence-corrected chi connectivity index (χ2v) is 4.92. The Morgan fingerprint density at radius 1 is 1.35 bits per heavy atom. The van der Waals surface area contributed by atoms with Crippen LogP contribution >= 0.6 is 11.8 Å². The van der Waals surface area contributed by atoms with Gasteiger partial charge >= 0.3 is 6.18 Å². The molecule has 0 amide bonds. The first-order chi connectivity index (χ1) is 9.40. The van der Waals surface area contributed by atoms with Crippen LogP contribution in [-0.4, -0.2) is 16.2 Å². The van der Waals surface area contributed by atoms with E-state index in [2.05, 4.69) is 9.97 Å². The summed E-state index contributed by atoms with van der Waals surface area (Å²) in [6, 6.07) is 4.93. The number of aromatic nitrogens is 2. The van der Waals surface area contributed by atoms with Gasteiger partial charge in [-0.1, -0.05) is 30.0 Å². The average Bonchev–Trinajstić information content (AvgIpc) is 2.40. The van der Waals surface area contributed by atoms with Crippen LogP contribution in [0, 0.1) is 0 Å². The smallest absolute Gasteiger partial charge is 0.301 e. The Bertz CT molecular complexity index is 667. The van der Waals surface area contributed by atoms with Gasteiger partial charge in [0.05, 0.1) is 5.56 Å². The van der Waals surface area contributed by atoms with Crippen molar-refractivity contribution in [1.29, 1.82) is 0 Å². The van der Waals surface area contributed by atoms with Gasteiger partial charge in [0.15, 0.2) is 5.16 Å². The maximum absolute atomic E-state index is 12.6. The van der Waals surface area contributed by atoms with Crippen LogP contribution in [0.2, 0.25) is 0 Å². The number of rotatable bonds is 3. The highest BCUT2D eigenvalue weighted by Gasteiger charge is 2.30. The standard InChI is InChI=1S/C13H11F3N2OS/c1-20-12-17-7-9(11(19)18-12)5-8-3-2-4-10(6-8)13(14,15)16/h2-4,6-7H,5H2,1H3,(H,17,18,19). The predicted molar refractivity (Wildman–Crippen MR) is 70.9 cm³/mol. The summed E-state index contributed by atoms with van der Waals surface area (Å²) in [7, 11) is 0. The SMILES string of the molecule is CSc1ncc(Cc2cccc(C(F)(F)F)c2)c(=O)[nH]1. The molecule has 0 spiro atoms. The van der Waals surface area contributed by atoms with Gasteiger partial charge in [0.1, 0.15) is 0 Å². The Morgan fingerprint density at radius 3 is 2.70 bits per heavy atom. The Balaban J connectivity index is 2.29. The van der Waals surface area contributed by atoms with Crippen LogP contribution in [0.1, 0.15) is 16.7 Å². The van der Waals surface area contributed by atoms with Crippen molar-refractivity contribution in [2.75, 3.05) is 6.26 Å². The molecule has 1 aromatic heterocycles. The first-order valence-electron chi connectivity index (χ1n) is 5.68. The number of benzene rings is 1. The van der Waals surface area contributed by atoms with Crippen molar-refractivity contribution in [3.63, 3.8) is 0 Å². The number of H-pyrrole nitrogens is 1. The molecule has 0 aliphatic rings. The molecule has 0 aliphatic carbocycles. The van der Waals surface area contributed by atoms with Gasteiger partial charge in [0.25, 0.3) is 5.56 Å². The maximum atomic E-state index is 12.6. The van der Waals surface area contributed by atoms with Crippen molar-refractivity contribution in [2.45, 2.75) is 17.8 Å². The van der Waals surface area contributed by atoms with E-state index < -0.39 is 11.7 Å². The second kappa shape index (κ2) is 5.70. The molecule has 0 radical (unpaired) electrons. The third kappa shape index (κ3) is 3.41. The molecular weight excluding hydrogens is 289 g/mol. The monoisotopic (exact) mass is 300 g/mol. The molecule has 0 unspecified atom stereocenters.